The van der Waals surface area contributed by atoms with E-state index in [-0.39, 0.29) is 37.6 Å². The van der Waals surface area contributed by atoms with Gasteiger partial charge in [0.05, 0.1) is 17.9 Å². The molecule has 0 aliphatic carbocycles. The number of anilines is 1. The number of alkyl carbamates (subject to hydrolysis) is 1. The summed E-state index contributed by atoms with van der Waals surface area (Å²) >= 11 is 0. The number of methoxy groups -OCH3 is 1. The van der Waals surface area contributed by atoms with E-state index in [0.717, 1.165) is 18.2 Å². The molecule has 0 heterocycles. The first-order chi connectivity index (χ1) is 12.9. The van der Waals surface area contributed by atoms with Gasteiger partial charge in [-0.1, -0.05) is 0 Å². The molecule has 28 heavy (non-hydrogen) atoms. The molecule has 7 nitrogen and oxygen atoms in total. The summed E-state index contributed by atoms with van der Waals surface area (Å²) < 4.78 is 54.0. The summed E-state index contributed by atoms with van der Waals surface area (Å²) in [5.74, 6) is -0.509. The van der Waals surface area contributed by atoms with Crippen LogP contribution in [0.15, 0.2) is 18.2 Å². The van der Waals surface area contributed by atoms with Gasteiger partial charge in [0, 0.05) is 20.1 Å². The normalized spacial score (nSPS) is 11.7. The van der Waals surface area contributed by atoms with E-state index in [0.29, 0.717) is 0 Å². The number of amides is 2. The van der Waals surface area contributed by atoms with Crippen LogP contribution in [0, 0.1) is 0 Å². The maximum atomic E-state index is 12.9. The van der Waals surface area contributed by atoms with Crippen LogP contribution in [-0.4, -0.2) is 44.5 Å². The number of hydrogen-bond donors (Lipinski definition) is 2. The van der Waals surface area contributed by atoms with Crippen molar-refractivity contribution < 1.29 is 37.0 Å². The highest BCUT2D eigenvalue weighted by Crippen LogP contribution is 2.35. The summed E-state index contributed by atoms with van der Waals surface area (Å²) in [4.78, 5) is 23.6. The fraction of sp³-hybridized carbons (Fsp3) is 0.556. The van der Waals surface area contributed by atoms with Crippen LogP contribution in [0.25, 0.3) is 0 Å². The molecule has 2 N–H and O–H groups in total. The first-order valence-corrected chi connectivity index (χ1v) is 8.52. The third-order valence-corrected chi connectivity index (χ3v) is 3.15. The van der Waals surface area contributed by atoms with Crippen LogP contribution < -0.4 is 15.4 Å². The fourth-order valence-corrected chi connectivity index (χ4v) is 1.97. The molecule has 0 saturated carbocycles. The summed E-state index contributed by atoms with van der Waals surface area (Å²) in [7, 11) is 1.45. The van der Waals surface area contributed by atoms with E-state index in [1.807, 2.05) is 0 Å². The Labute approximate surface area is 161 Å². The largest absolute Gasteiger partial charge is 0.489 e. The topological polar surface area (TPSA) is 85.9 Å². The molecule has 2 amide bonds. The van der Waals surface area contributed by atoms with Gasteiger partial charge in [-0.2, -0.15) is 13.2 Å². The van der Waals surface area contributed by atoms with Crippen LogP contribution >= 0.6 is 0 Å². The van der Waals surface area contributed by atoms with Crippen LogP contribution in [0.4, 0.5) is 23.7 Å². The number of rotatable bonds is 8. The van der Waals surface area contributed by atoms with E-state index in [1.165, 1.54) is 7.11 Å². The Hall–Kier alpha value is -2.49. The van der Waals surface area contributed by atoms with Crippen LogP contribution in [-0.2, 0) is 20.4 Å². The first-order valence-electron chi connectivity index (χ1n) is 8.52. The van der Waals surface area contributed by atoms with Gasteiger partial charge in [0.15, 0.2) is 0 Å². The minimum Gasteiger partial charge on any atom is -0.489 e. The standard InChI is InChI=1S/C18H25F3N2O5/c1-17(2,3)28-16(25)22-8-7-15(24)23-13-11-12(18(19,20)21)5-6-14(13)27-10-9-26-4/h5-6,11H,7-10H2,1-4H3,(H,22,25)(H,23,24). The van der Waals surface area contributed by atoms with Gasteiger partial charge < -0.3 is 24.8 Å². The van der Waals surface area contributed by atoms with Crippen molar-refractivity contribution in [2.45, 2.75) is 39.0 Å². The minimum atomic E-state index is -4.57. The van der Waals surface area contributed by atoms with E-state index in [4.69, 9.17) is 14.2 Å². The molecule has 1 aromatic rings. The van der Waals surface area contributed by atoms with Gasteiger partial charge >= 0.3 is 12.3 Å². The van der Waals surface area contributed by atoms with E-state index >= 15 is 0 Å². The lowest BCUT2D eigenvalue weighted by Gasteiger charge is -2.19. The third-order valence-electron chi connectivity index (χ3n) is 3.15. The molecule has 0 spiro atoms. The maximum absolute atomic E-state index is 12.9. The van der Waals surface area contributed by atoms with Crippen molar-refractivity contribution in [3.63, 3.8) is 0 Å². The lowest BCUT2D eigenvalue weighted by atomic mass is 10.1. The zero-order valence-electron chi connectivity index (χ0n) is 16.2. The van der Waals surface area contributed by atoms with Gasteiger partial charge in [-0.3, -0.25) is 4.79 Å². The van der Waals surface area contributed by atoms with Crippen LogP contribution in [0.1, 0.15) is 32.8 Å². The fourth-order valence-electron chi connectivity index (χ4n) is 1.97. The summed E-state index contributed by atoms with van der Waals surface area (Å²) in [5.41, 5.74) is -1.72. The Kier molecular flexibility index (Phi) is 8.55. The van der Waals surface area contributed by atoms with Gasteiger partial charge in [-0.15, -0.1) is 0 Å². The van der Waals surface area contributed by atoms with E-state index in [9.17, 15) is 22.8 Å². The maximum Gasteiger partial charge on any atom is 0.416 e. The molecule has 0 unspecified atom stereocenters. The van der Waals surface area contributed by atoms with Crippen LogP contribution in [0.2, 0.25) is 0 Å². The van der Waals surface area contributed by atoms with E-state index in [2.05, 4.69) is 10.6 Å². The second kappa shape index (κ2) is 10.2. The van der Waals surface area contributed by atoms with E-state index < -0.39 is 29.3 Å². The number of ether oxygens (including phenoxy) is 3. The number of halogens is 3. The lowest BCUT2D eigenvalue weighted by molar-refractivity contribution is -0.137. The van der Waals surface area contributed by atoms with Crippen molar-refractivity contribution in [1.29, 1.82) is 0 Å². The average Bonchev–Trinajstić information content (AvgIpc) is 2.53. The molecule has 158 valence electrons. The quantitative estimate of drug-likeness (QED) is 0.645. The molecule has 0 saturated heterocycles. The summed E-state index contributed by atoms with van der Waals surface area (Å²) in [6, 6.07) is 2.79. The molecular formula is C18H25F3N2O5. The third kappa shape index (κ3) is 8.94. The number of hydrogen-bond acceptors (Lipinski definition) is 5. The molecule has 1 aromatic carbocycles. The van der Waals surface area contributed by atoms with Crippen molar-refractivity contribution in [2.75, 3.05) is 32.2 Å². The Morgan fingerprint density at radius 2 is 1.79 bits per heavy atom. The molecule has 0 fully saturated rings. The number of carbonyl (C=O) groups is 2. The van der Waals surface area contributed by atoms with Gasteiger partial charge in [0.2, 0.25) is 5.91 Å². The number of alkyl halides is 3. The highest BCUT2D eigenvalue weighted by molar-refractivity contribution is 5.92. The number of carbonyl (C=O) groups excluding carboxylic acids is 2. The van der Waals surface area contributed by atoms with Crippen molar-refractivity contribution in [3.05, 3.63) is 23.8 Å². The van der Waals surface area contributed by atoms with Crippen molar-refractivity contribution >= 4 is 17.7 Å². The molecule has 0 atom stereocenters. The number of nitrogens with one attached hydrogen (secondary N) is 2. The first kappa shape index (κ1) is 23.5. The van der Waals surface area contributed by atoms with Crippen LogP contribution in [0.5, 0.6) is 5.75 Å². The number of benzene rings is 1. The molecule has 10 heteroatoms. The van der Waals surface area contributed by atoms with Gasteiger partial charge in [-0.05, 0) is 39.0 Å². The monoisotopic (exact) mass is 406 g/mol. The molecule has 0 radical (unpaired) electrons. The smallest absolute Gasteiger partial charge is 0.416 e. The second-order valence-electron chi connectivity index (χ2n) is 6.78. The Morgan fingerprint density at radius 1 is 1.11 bits per heavy atom. The van der Waals surface area contributed by atoms with Crippen molar-refractivity contribution in [3.8, 4) is 5.75 Å². The zero-order chi connectivity index (χ0) is 21.4. The van der Waals surface area contributed by atoms with Crippen molar-refractivity contribution in [2.24, 2.45) is 0 Å². The molecule has 1 rings (SSSR count). The summed E-state index contributed by atoms with van der Waals surface area (Å²) in [6.45, 7) is 5.37. The summed E-state index contributed by atoms with van der Waals surface area (Å²) in [6.07, 6.45) is -5.42. The minimum absolute atomic E-state index is 0.0421. The van der Waals surface area contributed by atoms with E-state index in [1.54, 1.807) is 20.8 Å². The molecule has 0 aliphatic heterocycles. The van der Waals surface area contributed by atoms with Gasteiger partial charge in [0.25, 0.3) is 0 Å². The predicted octanol–water partition coefficient (Wildman–Crippen LogP) is 3.58. The zero-order valence-corrected chi connectivity index (χ0v) is 16.2. The Morgan fingerprint density at radius 3 is 2.36 bits per heavy atom. The second-order valence-corrected chi connectivity index (χ2v) is 6.78. The highest BCUT2D eigenvalue weighted by Gasteiger charge is 2.31. The van der Waals surface area contributed by atoms with Crippen molar-refractivity contribution in [1.82, 2.24) is 5.32 Å². The highest BCUT2D eigenvalue weighted by atomic mass is 19.4. The molecular weight excluding hydrogens is 381 g/mol. The van der Waals surface area contributed by atoms with Gasteiger partial charge in [-0.25, -0.2) is 4.79 Å². The summed E-state index contributed by atoms with van der Waals surface area (Å²) in [5, 5.41) is 4.77. The Balaban J connectivity index is 2.72. The van der Waals surface area contributed by atoms with Crippen LogP contribution in [0.3, 0.4) is 0 Å². The SMILES string of the molecule is COCCOc1ccc(C(F)(F)F)cc1NC(=O)CCNC(=O)OC(C)(C)C. The van der Waals surface area contributed by atoms with Gasteiger partial charge in [0.1, 0.15) is 18.0 Å². The average molecular weight is 406 g/mol. The molecule has 0 bridgehead atoms. The lowest BCUT2D eigenvalue weighted by Crippen LogP contribution is -2.34. The predicted molar refractivity (Wildman–Crippen MR) is 96.3 cm³/mol. The Bertz CT molecular complexity index is 672. The molecule has 0 aliphatic rings. The molecule has 0 aromatic heterocycles.